The van der Waals surface area contributed by atoms with Crippen LogP contribution in [0.15, 0.2) is 18.2 Å². The van der Waals surface area contributed by atoms with Gasteiger partial charge in [-0.1, -0.05) is 12.1 Å². The number of aliphatic hydroxyl groups excluding tert-OH is 2. The fourth-order valence-corrected chi connectivity index (χ4v) is 1.53. The zero-order valence-corrected chi connectivity index (χ0v) is 10.5. The van der Waals surface area contributed by atoms with Gasteiger partial charge in [0.2, 0.25) is 0 Å². The van der Waals surface area contributed by atoms with Gasteiger partial charge in [-0.25, -0.2) is 0 Å². The number of halogens is 2. The van der Waals surface area contributed by atoms with E-state index in [9.17, 15) is 8.78 Å². The molecule has 0 unspecified atom stereocenters. The number of ether oxygens (including phenoxy) is 2. The molecule has 108 valence electrons. The van der Waals surface area contributed by atoms with E-state index >= 15 is 0 Å². The number of hydrogen-bond acceptors (Lipinski definition) is 5. The van der Waals surface area contributed by atoms with Gasteiger partial charge in [-0.3, -0.25) is 0 Å². The molecular weight excluding hydrogens is 260 g/mol. The van der Waals surface area contributed by atoms with Crippen LogP contribution in [0.1, 0.15) is 5.56 Å². The molecule has 0 atom stereocenters. The van der Waals surface area contributed by atoms with Gasteiger partial charge in [0, 0.05) is 12.1 Å². The summed E-state index contributed by atoms with van der Waals surface area (Å²) in [5.74, 6) is 0.145. The second-order valence-electron chi connectivity index (χ2n) is 3.77. The molecular formula is C12H17F2NO4. The maximum absolute atomic E-state index is 12.4. The van der Waals surface area contributed by atoms with Gasteiger partial charge >= 0.3 is 6.61 Å². The van der Waals surface area contributed by atoms with Gasteiger partial charge in [0.25, 0.3) is 0 Å². The van der Waals surface area contributed by atoms with Crippen molar-refractivity contribution in [2.45, 2.75) is 19.2 Å². The average Bonchev–Trinajstić information content (AvgIpc) is 2.40. The van der Waals surface area contributed by atoms with Crippen LogP contribution in [0.2, 0.25) is 0 Å². The Balaban J connectivity index is 2.86. The summed E-state index contributed by atoms with van der Waals surface area (Å²) in [6.45, 7) is -3.32. The monoisotopic (exact) mass is 277 g/mol. The van der Waals surface area contributed by atoms with Crippen LogP contribution in [0.4, 0.5) is 8.78 Å². The van der Waals surface area contributed by atoms with Gasteiger partial charge in [0.1, 0.15) is 0 Å². The van der Waals surface area contributed by atoms with E-state index in [1.807, 2.05) is 0 Å². The molecule has 1 rings (SSSR count). The van der Waals surface area contributed by atoms with Gasteiger partial charge < -0.3 is 25.0 Å². The van der Waals surface area contributed by atoms with Crippen molar-refractivity contribution >= 4 is 0 Å². The molecule has 19 heavy (non-hydrogen) atoms. The molecule has 0 aliphatic rings. The van der Waals surface area contributed by atoms with E-state index < -0.39 is 12.7 Å². The fraction of sp³-hybridized carbons (Fsp3) is 0.500. The van der Waals surface area contributed by atoms with E-state index in [0.29, 0.717) is 5.56 Å². The summed E-state index contributed by atoms with van der Waals surface area (Å²) < 4.78 is 34.1. The van der Waals surface area contributed by atoms with E-state index in [1.54, 1.807) is 12.1 Å². The average molecular weight is 277 g/mol. The van der Waals surface area contributed by atoms with Gasteiger partial charge in [-0.05, 0) is 6.07 Å². The van der Waals surface area contributed by atoms with Crippen LogP contribution >= 0.6 is 0 Å². The first-order valence-corrected chi connectivity index (χ1v) is 5.68. The highest BCUT2D eigenvalue weighted by molar-refractivity contribution is 5.46. The third-order valence-corrected chi connectivity index (χ3v) is 2.51. The topological polar surface area (TPSA) is 71.0 Å². The summed E-state index contributed by atoms with van der Waals surface area (Å²) in [6.07, 6.45) is 0. The Bertz CT molecular complexity index is 386. The molecule has 7 heteroatoms. The molecule has 0 fully saturated rings. The third kappa shape index (κ3) is 4.62. The van der Waals surface area contributed by atoms with Crippen molar-refractivity contribution in [2.75, 3.05) is 20.3 Å². The van der Waals surface area contributed by atoms with Gasteiger partial charge in [0.05, 0.1) is 26.4 Å². The molecule has 0 aliphatic heterocycles. The normalized spacial score (nSPS) is 11.1. The molecule has 0 saturated carbocycles. The molecule has 1 aromatic rings. The highest BCUT2D eigenvalue weighted by atomic mass is 19.3. The van der Waals surface area contributed by atoms with Crippen molar-refractivity contribution in [2.24, 2.45) is 0 Å². The molecule has 3 N–H and O–H groups in total. The van der Waals surface area contributed by atoms with E-state index in [1.165, 1.54) is 13.2 Å². The summed E-state index contributed by atoms with van der Waals surface area (Å²) in [5.41, 5.74) is 0.451. The first kappa shape index (κ1) is 15.6. The largest absolute Gasteiger partial charge is 0.493 e. The predicted molar refractivity (Wildman–Crippen MR) is 64.4 cm³/mol. The molecule has 1 aromatic carbocycles. The van der Waals surface area contributed by atoms with Crippen molar-refractivity contribution in [1.82, 2.24) is 5.32 Å². The molecule has 0 aromatic heterocycles. The number of nitrogens with one attached hydrogen (secondary N) is 1. The second kappa shape index (κ2) is 7.88. The van der Waals surface area contributed by atoms with Crippen molar-refractivity contribution in [3.8, 4) is 11.5 Å². The maximum atomic E-state index is 12.4. The van der Waals surface area contributed by atoms with E-state index in [4.69, 9.17) is 14.9 Å². The standard InChI is InChI=1S/C12H17F2NO4/c1-18-10-4-2-3-8(11(10)19-12(13)14)5-15-9(6-16)7-17/h2-4,9,12,15-17H,5-7H2,1H3. The Labute approximate surface area is 109 Å². The molecule has 5 nitrogen and oxygen atoms in total. The summed E-state index contributed by atoms with van der Waals surface area (Å²) in [5, 5.41) is 20.7. The summed E-state index contributed by atoms with van der Waals surface area (Å²) in [6, 6.07) is 4.22. The number of aliphatic hydroxyl groups is 2. The van der Waals surface area contributed by atoms with Crippen LogP contribution < -0.4 is 14.8 Å². The minimum Gasteiger partial charge on any atom is -0.493 e. The quantitative estimate of drug-likeness (QED) is 0.654. The first-order chi connectivity index (χ1) is 9.12. The highest BCUT2D eigenvalue weighted by Gasteiger charge is 2.16. The van der Waals surface area contributed by atoms with Crippen molar-refractivity contribution in [3.63, 3.8) is 0 Å². The predicted octanol–water partition coefficient (Wildman–Crippen LogP) is 0.739. The molecule has 0 heterocycles. The number of rotatable bonds is 8. The number of benzene rings is 1. The van der Waals surface area contributed by atoms with E-state index in [-0.39, 0.29) is 31.3 Å². The van der Waals surface area contributed by atoms with Gasteiger partial charge in [-0.15, -0.1) is 0 Å². The van der Waals surface area contributed by atoms with Crippen LogP contribution in [-0.4, -0.2) is 43.2 Å². The lowest BCUT2D eigenvalue weighted by molar-refractivity contribution is -0.0519. The van der Waals surface area contributed by atoms with Crippen molar-refractivity contribution in [1.29, 1.82) is 0 Å². The SMILES string of the molecule is COc1cccc(CNC(CO)CO)c1OC(F)F. The third-order valence-electron chi connectivity index (χ3n) is 2.51. The van der Waals surface area contributed by atoms with Crippen LogP contribution in [0.5, 0.6) is 11.5 Å². The molecule has 0 bridgehead atoms. The van der Waals surface area contributed by atoms with Crippen LogP contribution in [0.3, 0.4) is 0 Å². The number of para-hydroxylation sites is 1. The Hall–Kier alpha value is -1.44. The Morgan fingerprint density at radius 2 is 1.95 bits per heavy atom. The number of methoxy groups -OCH3 is 1. The Morgan fingerprint density at radius 1 is 1.26 bits per heavy atom. The highest BCUT2D eigenvalue weighted by Crippen LogP contribution is 2.32. The zero-order chi connectivity index (χ0) is 14.3. The van der Waals surface area contributed by atoms with E-state index in [0.717, 1.165) is 0 Å². The molecule has 0 aliphatic carbocycles. The number of alkyl halides is 2. The van der Waals surface area contributed by atoms with Crippen LogP contribution in [-0.2, 0) is 6.54 Å². The summed E-state index contributed by atoms with van der Waals surface area (Å²) in [4.78, 5) is 0. The lowest BCUT2D eigenvalue weighted by atomic mass is 10.1. The zero-order valence-electron chi connectivity index (χ0n) is 10.5. The van der Waals surface area contributed by atoms with Crippen molar-refractivity contribution < 1.29 is 28.5 Å². The van der Waals surface area contributed by atoms with Gasteiger partial charge in [-0.2, -0.15) is 8.78 Å². The number of hydrogen-bond donors (Lipinski definition) is 3. The minimum atomic E-state index is -2.96. The van der Waals surface area contributed by atoms with Crippen molar-refractivity contribution in [3.05, 3.63) is 23.8 Å². The van der Waals surface area contributed by atoms with E-state index in [2.05, 4.69) is 10.1 Å². The summed E-state index contributed by atoms with van der Waals surface area (Å²) >= 11 is 0. The maximum Gasteiger partial charge on any atom is 0.387 e. The smallest absolute Gasteiger partial charge is 0.387 e. The lowest BCUT2D eigenvalue weighted by Gasteiger charge is -2.17. The Morgan fingerprint density at radius 3 is 2.47 bits per heavy atom. The fourth-order valence-electron chi connectivity index (χ4n) is 1.53. The lowest BCUT2D eigenvalue weighted by Crippen LogP contribution is -2.35. The molecule has 0 saturated heterocycles. The Kier molecular flexibility index (Phi) is 6.48. The van der Waals surface area contributed by atoms with Gasteiger partial charge in [0.15, 0.2) is 11.5 Å². The summed E-state index contributed by atoms with van der Waals surface area (Å²) in [7, 11) is 1.36. The van der Waals surface area contributed by atoms with Crippen LogP contribution in [0.25, 0.3) is 0 Å². The molecule has 0 amide bonds. The molecule has 0 radical (unpaired) electrons. The first-order valence-electron chi connectivity index (χ1n) is 5.68. The minimum absolute atomic E-state index is 0.0536. The second-order valence-corrected chi connectivity index (χ2v) is 3.77. The molecule has 0 spiro atoms. The van der Waals surface area contributed by atoms with Crippen LogP contribution in [0, 0.1) is 0 Å².